The van der Waals surface area contributed by atoms with Gasteiger partial charge in [0.1, 0.15) is 0 Å². The third-order valence-corrected chi connectivity index (χ3v) is 2.99. The van der Waals surface area contributed by atoms with Gasteiger partial charge in [0, 0.05) is 11.6 Å². The van der Waals surface area contributed by atoms with E-state index in [1.807, 2.05) is 19.1 Å². The summed E-state index contributed by atoms with van der Waals surface area (Å²) in [6.07, 6.45) is 1.73. The van der Waals surface area contributed by atoms with Gasteiger partial charge in [-0.15, -0.1) is 0 Å². The molecular weight excluding hydrogens is 254 g/mol. The van der Waals surface area contributed by atoms with E-state index < -0.39 is 5.97 Å². The van der Waals surface area contributed by atoms with E-state index in [1.165, 1.54) is 7.11 Å². The molecule has 0 spiro atoms. The van der Waals surface area contributed by atoms with Crippen LogP contribution in [0.15, 0.2) is 24.4 Å². The van der Waals surface area contributed by atoms with Crippen LogP contribution in [0.3, 0.4) is 0 Å². The molecule has 0 bridgehead atoms. The zero-order valence-corrected chi connectivity index (χ0v) is 12.5. The molecule has 5 nitrogen and oxygen atoms in total. The number of nitrogens with zero attached hydrogens (tertiary/aromatic N) is 3. The number of rotatable bonds is 2. The third-order valence-electron chi connectivity index (χ3n) is 2.99. The Kier molecular flexibility index (Phi) is 3.61. The van der Waals surface area contributed by atoms with Crippen LogP contribution in [-0.2, 0) is 10.2 Å². The minimum atomic E-state index is -0.443. The van der Waals surface area contributed by atoms with Crippen molar-refractivity contribution < 1.29 is 9.53 Å². The van der Waals surface area contributed by atoms with Crippen molar-refractivity contribution in [1.29, 1.82) is 0 Å². The highest BCUT2D eigenvalue weighted by atomic mass is 16.5. The number of aromatic nitrogens is 3. The van der Waals surface area contributed by atoms with Gasteiger partial charge in [0.2, 0.25) is 0 Å². The molecule has 0 unspecified atom stereocenters. The topological polar surface area (TPSA) is 57.0 Å². The predicted octanol–water partition coefficient (Wildman–Crippen LogP) is 2.66. The Morgan fingerprint density at radius 1 is 1.30 bits per heavy atom. The monoisotopic (exact) mass is 273 g/mol. The second kappa shape index (κ2) is 5.07. The van der Waals surface area contributed by atoms with Crippen molar-refractivity contribution in [2.75, 3.05) is 7.11 Å². The highest BCUT2D eigenvalue weighted by Crippen LogP contribution is 2.25. The molecule has 2 aromatic rings. The standard InChI is InChI=1S/C15H19N3O2/c1-10-6-7-16-13(8-10)18-12(15(2,3)4)9-11(17-18)14(19)20-5/h6-9H,1-5H3. The second-order valence-electron chi connectivity index (χ2n) is 5.76. The third kappa shape index (κ3) is 2.71. The van der Waals surface area contributed by atoms with Crippen molar-refractivity contribution >= 4 is 5.97 Å². The molecule has 2 aromatic heterocycles. The van der Waals surface area contributed by atoms with Crippen LogP contribution in [-0.4, -0.2) is 27.8 Å². The van der Waals surface area contributed by atoms with Crippen LogP contribution in [0.5, 0.6) is 0 Å². The van der Waals surface area contributed by atoms with Crippen molar-refractivity contribution in [2.45, 2.75) is 33.1 Å². The summed E-state index contributed by atoms with van der Waals surface area (Å²) in [5.74, 6) is 0.256. The van der Waals surface area contributed by atoms with Gasteiger partial charge in [-0.25, -0.2) is 14.5 Å². The smallest absolute Gasteiger partial charge is 0.358 e. The minimum absolute atomic E-state index is 0.162. The number of ether oxygens (including phenoxy) is 1. The van der Waals surface area contributed by atoms with Crippen LogP contribution < -0.4 is 0 Å². The highest BCUT2D eigenvalue weighted by Gasteiger charge is 2.24. The molecule has 5 heteroatoms. The molecule has 106 valence electrons. The first-order valence-corrected chi connectivity index (χ1v) is 6.45. The number of methoxy groups -OCH3 is 1. The summed E-state index contributed by atoms with van der Waals surface area (Å²) in [5, 5.41) is 4.34. The summed E-state index contributed by atoms with van der Waals surface area (Å²) in [6.45, 7) is 8.19. The number of esters is 1. The van der Waals surface area contributed by atoms with Crippen LogP contribution in [0.25, 0.3) is 5.82 Å². The van der Waals surface area contributed by atoms with Crippen molar-refractivity contribution in [3.8, 4) is 5.82 Å². The number of pyridine rings is 1. The summed E-state index contributed by atoms with van der Waals surface area (Å²) in [4.78, 5) is 16.0. The molecule has 0 radical (unpaired) electrons. The van der Waals surface area contributed by atoms with Gasteiger partial charge in [-0.1, -0.05) is 20.8 Å². The fourth-order valence-electron chi connectivity index (χ4n) is 1.93. The van der Waals surface area contributed by atoms with Crippen molar-refractivity contribution in [3.63, 3.8) is 0 Å². The van der Waals surface area contributed by atoms with Crippen LogP contribution >= 0.6 is 0 Å². The average Bonchev–Trinajstić information content (AvgIpc) is 2.82. The maximum atomic E-state index is 11.7. The molecule has 0 aliphatic heterocycles. The molecule has 0 atom stereocenters. The minimum Gasteiger partial charge on any atom is -0.464 e. The Labute approximate surface area is 118 Å². The summed E-state index contributed by atoms with van der Waals surface area (Å²) < 4.78 is 6.45. The Morgan fingerprint density at radius 3 is 2.55 bits per heavy atom. The Balaban J connectivity index is 2.62. The quantitative estimate of drug-likeness (QED) is 0.789. The molecule has 0 amide bonds. The summed E-state index contributed by atoms with van der Waals surface area (Å²) in [7, 11) is 1.35. The highest BCUT2D eigenvalue weighted by molar-refractivity contribution is 5.87. The molecule has 0 aliphatic carbocycles. The number of carbonyl (C=O) groups excluding carboxylic acids is 1. The molecular formula is C15H19N3O2. The van der Waals surface area contributed by atoms with Crippen LogP contribution in [0, 0.1) is 6.92 Å². The predicted molar refractivity (Wildman–Crippen MR) is 76.1 cm³/mol. The first-order valence-electron chi connectivity index (χ1n) is 6.45. The van der Waals surface area contributed by atoms with Crippen LogP contribution in [0.4, 0.5) is 0 Å². The number of hydrogen-bond donors (Lipinski definition) is 0. The van der Waals surface area contributed by atoms with Gasteiger partial charge in [-0.2, -0.15) is 5.10 Å². The van der Waals surface area contributed by atoms with Crippen LogP contribution in [0.2, 0.25) is 0 Å². The van der Waals surface area contributed by atoms with Gasteiger partial charge in [-0.3, -0.25) is 0 Å². The second-order valence-corrected chi connectivity index (χ2v) is 5.76. The largest absolute Gasteiger partial charge is 0.464 e. The molecule has 2 heterocycles. The molecule has 0 aliphatic rings. The Morgan fingerprint density at radius 2 is 2.00 bits per heavy atom. The van der Waals surface area contributed by atoms with Gasteiger partial charge < -0.3 is 4.74 Å². The van der Waals surface area contributed by atoms with Gasteiger partial charge in [0.05, 0.1) is 12.8 Å². The van der Waals surface area contributed by atoms with E-state index >= 15 is 0 Å². The van der Waals surface area contributed by atoms with Gasteiger partial charge in [0.15, 0.2) is 11.5 Å². The Hall–Kier alpha value is -2.17. The fourth-order valence-corrected chi connectivity index (χ4v) is 1.93. The van der Waals surface area contributed by atoms with E-state index in [0.717, 1.165) is 11.3 Å². The van der Waals surface area contributed by atoms with Crippen LogP contribution in [0.1, 0.15) is 42.5 Å². The van der Waals surface area contributed by atoms with E-state index in [1.54, 1.807) is 16.9 Å². The average molecular weight is 273 g/mol. The molecule has 0 aromatic carbocycles. The zero-order valence-electron chi connectivity index (χ0n) is 12.5. The first kappa shape index (κ1) is 14.2. The fraction of sp³-hybridized carbons (Fsp3) is 0.400. The molecule has 0 saturated carbocycles. The molecule has 0 saturated heterocycles. The molecule has 2 rings (SSSR count). The van der Waals surface area contributed by atoms with Crippen molar-refractivity contribution in [3.05, 3.63) is 41.3 Å². The van der Waals surface area contributed by atoms with E-state index in [2.05, 4.69) is 30.9 Å². The molecule has 0 N–H and O–H groups in total. The summed E-state index contributed by atoms with van der Waals surface area (Å²) >= 11 is 0. The SMILES string of the molecule is COC(=O)c1cc(C(C)(C)C)n(-c2cc(C)ccn2)n1. The lowest BCUT2D eigenvalue weighted by molar-refractivity contribution is 0.0593. The molecule has 0 fully saturated rings. The lowest BCUT2D eigenvalue weighted by Crippen LogP contribution is -2.18. The first-order chi connectivity index (χ1) is 9.32. The lowest BCUT2D eigenvalue weighted by Gasteiger charge is -2.19. The number of aryl methyl sites for hydroxylation is 1. The van der Waals surface area contributed by atoms with Gasteiger partial charge in [0.25, 0.3) is 0 Å². The van der Waals surface area contributed by atoms with Crippen molar-refractivity contribution in [1.82, 2.24) is 14.8 Å². The van der Waals surface area contributed by atoms with Gasteiger partial charge >= 0.3 is 5.97 Å². The Bertz CT molecular complexity index is 639. The molecule has 20 heavy (non-hydrogen) atoms. The normalized spacial score (nSPS) is 11.4. The number of carbonyl (C=O) groups is 1. The maximum absolute atomic E-state index is 11.7. The number of hydrogen-bond acceptors (Lipinski definition) is 4. The van der Waals surface area contributed by atoms with Gasteiger partial charge in [-0.05, 0) is 30.7 Å². The van der Waals surface area contributed by atoms with Crippen molar-refractivity contribution in [2.24, 2.45) is 0 Å². The lowest BCUT2D eigenvalue weighted by atomic mass is 9.92. The summed E-state index contributed by atoms with van der Waals surface area (Å²) in [5.41, 5.74) is 2.13. The van der Waals surface area contributed by atoms with E-state index in [-0.39, 0.29) is 5.41 Å². The van der Waals surface area contributed by atoms with E-state index in [9.17, 15) is 4.79 Å². The van der Waals surface area contributed by atoms with E-state index in [4.69, 9.17) is 4.74 Å². The van der Waals surface area contributed by atoms with E-state index in [0.29, 0.717) is 11.5 Å². The summed E-state index contributed by atoms with van der Waals surface area (Å²) in [6, 6.07) is 5.62. The maximum Gasteiger partial charge on any atom is 0.358 e. The zero-order chi connectivity index (χ0) is 14.9.